The van der Waals surface area contributed by atoms with Crippen molar-refractivity contribution >= 4 is 39.6 Å². The Morgan fingerprint density at radius 2 is 1.33 bits per heavy atom. The molecule has 0 radical (unpaired) electrons. The maximum atomic E-state index is 12.9. The summed E-state index contributed by atoms with van der Waals surface area (Å²) in [7, 11) is 1.49. The Bertz CT molecular complexity index is 1610. The minimum absolute atomic E-state index is 0.285. The first-order valence-corrected chi connectivity index (χ1v) is 11.3. The van der Waals surface area contributed by atoms with Crippen molar-refractivity contribution < 1.29 is 19.1 Å². The Labute approximate surface area is 207 Å². The monoisotopic (exact) mass is 474 g/mol. The lowest BCUT2D eigenvalue weighted by molar-refractivity contribution is 0.0731. The maximum absolute atomic E-state index is 12.9. The lowest BCUT2D eigenvalue weighted by Crippen LogP contribution is -2.17. The van der Waals surface area contributed by atoms with Gasteiger partial charge in [-0.1, -0.05) is 72.8 Å². The fourth-order valence-electron chi connectivity index (χ4n) is 4.06. The van der Waals surface area contributed by atoms with E-state index >= 15 is 0 Å². The Hall–Kier alpha value is -4.97. The smallest absolute Gasteiger partial charge is 0.344 e. The molecule has 0 saturated carbocycles. The summed E-state index contributed by atoms with van der Waals surface area (Å²) in [6.07, 6.45) is 1.50. The summed E-state index contributed by atoms with van der Waals surface area (Å²) in [4.78, 5) is 25.6. The highest BCUT2D eigenvalue weighted by molar-refractivity contribution is 6.07. The zero-order valence-corrected chi connectivity index (χ0v) is 19.5. The molecule has 1 N–H and O–H groups in total. The van der Waals surface area contributed by atoms with Crippen LogP contribution >= 0.6 is 0 Å². The van der Waals surface area contributed by atoms with Crippen molar-refractivity contribution in [3.05, 3.63) is 120 Å². The summed E-state index contributed by atoms with van der Waals surface area (Å²) in [5.74, 6) is -0.134. The molecule has 0 unspecified atom stereocenters. The van der Waals surface area contributed by atoms with E-state index in [2.05, 4.69) is 10.5 Å². The number of nitrogens with one attached hydrogen (secondary N) is 1. The molecule has 5 aromatic carbocycles. The molecule has 0 aliphatic heterocycles. The molecule has 0 saturated heterocycles. The first-order valence-electron chi connectivity index (χ1n) is 11.3. The second-order valence-corrected chi connectivity index (χ2v) is 8.05. The van der Waals surface area contributed by atoms with Gasteiger partial charge in [0.2, 0.25) is 0 Å². The lowest BCUT2D eigenvalue weighted by Gasteiger charge is -2.11. The zero-order valence-electron chi connectivity index (χ0n) is 19.5. The quantitative estimate of drug-likeness (QED) is 0.142. The predicted molar refractivity (Wildman–Crippen MR) is 141 cm³/mol. The first kappa shape index (κ1) is 22.8. The molecule has 0 bridgehead atoms. The third-order valence-electron chi connectivity index (χ3n) is 5.81. The van der Waals surface area contributed by atoms with Gasteiger partial charge < -0.3 is 9.47 Å². The molecule has 0 aromatic heterocycles. The molecular formula is C30H22N2O4. The third-order valence-corrected chi connectivity index (χ3v) is 5.81. The highest BCUT2D eigenvalue weighted by Gasteiger charge is 2.15. The van der Waals surface area contributed by atoms with Crippen molar-refractivity contribution in [3.8, 4) is 11.5 Å². The van der Waals surface area contributed by atoms with Gasteiger partial charge >= 0.3 is 5.97 Å². The van der Waals surface area contributed by atoms with E-state index in [1.54, 1.807) is 30.3 Å². The first-order chi connectivity index (χ1) is 17.6. The Balaban J connectivity index is 1.31. The number of hydrogen-bond donors (Lipinski definition) is 1. The van der Waals surface area contributed by atoms with Crippen molar-refractivity contribution in [2.24, 2.45) is 5.10 Å². The van der Waals surface area contributed by atoms with Gasteiger partial charge in [-0.3, -0.25) is 4.79 Å². The average molecular weight is 475 g/mol. The Kier molecular flexibility index (Phi) is 6.40. The Morgan fingerprint density at radius 1 is 0.722 bits per heavy atom. The van der Waals surface area contributed by atoms with Gasteiger partial charge in [0.25, 0.3) is 5.91 Å². The van der Waals surface area contributed by atoms with Gasteiger partial charge in [0.05, 0.1) is 18.9 Å². The number of methoxy groups -OCH3 is 1. The molecule has 5 rings (SSSR count). The van der Waals surface area contributed by atoms with Crippen LogP contribution in [0.5, 0.6) is 11.5 Å². The zero-order chi connectivity index (χ0) is 24.9. The number of rotatable bonds is 6. The highest BCUT2D eigenvalue weighted by atomic mass is 16.6. The number of nitrogens with zero attached hydrogens (tertiary/aromatic N) is 1. The molecule has 1 amide bonds. The van der Waals surface area contributed by atoms with E-state index in [0.29, 0.717) is 22.4 Å². The fourth-order valence-corrected chi connectivity index (χ4v) is 4.06. The van der Waals surface area contributed by atoms with Crippen molar-refractivity contribution in [1.82, 2.24) is 5.43 Å². The number of amides is 1. The van der Waals surface area contributed by atoms with Crippen LogP contribution in [0.25, 0.3) is 21.5 Å². The lowest BCUT2D eigenvalue weighted by atomic mass is 10.0. The van der Waals surface area contributed by atoms with Crippen molar-refractivity contribution in [2.45, 2.75) is 0 Å². The predicted octanol–water partition coefficient (Wildman–Crippen LogP) is 5.98. The van der Waals surface area contributed by atoms with Crippen LogP contribution in [0.1, 0.15) is 26.3 Å². The van der Waals surface area contributed by atoms with E-state index < -0.39 is 5.97 Å². The minimum atomic E-state index is -0.478. The number of esters is 1. The normalized spacial score (nSPS) is 11.0. The van der Waals surface area contributed by atoms with E-state index in [4.69, 9.17) is 9.47 Å². The minimum Gasteiger partial charge on any atom is -0.493 e. The molecule has 0 spiro atoms. The fraction of sp³-hybridized carbons (Fsp3) is 0.0333. The molecular weight excluding hydrogens is 452 g/mol. The summed E-state index contributed by atoms with van der Waals surface area (Å²) in [5, 5.41) is 7.69. The molecule has 6 nitrogen and oxygen atoms in total. The van der Waals surface area contributed by atoms with Crippen LogP contribution in [-0.4, -0.2) is 25.2 Å². The van der Waals surface area contributed by atoms with Crippen LogP contribution in [0.15, 0.2) is 108 Å². The molecule has 0 atom stereocenters. The van der Waals surface area contributed by atoms with Crippen LogP contribution in [-0.2, 0) is 0 Å². The molecule has 36 heavy (non-hydrogen) atoms. The standard InChI is InChI=1S/C30H22N2O4/c1-35-28-18-20(19-31-32-29(33)25-14-6-10-21-8-2-4-12-23(21)25)16-17-27(28)36-30(34)26-15-7-11-22-9-3-5-13-24(22)26/h2-19H,1H3,(H,32,33)/b31-19-. The SMILES string of the molecule is COc1cc(/C=N\NC(=O)c2cccc3ccccc23)ccc1OC(=O)c1cccc2ccccc12. The van der Waals surface area contributed by atoms with Crippen LogP contribution in [0.2, 0.25) is 0 Å². The molecule has 5 aromatic rings. The largest absolute Gasteiger partial charge is 0.493 e. The van der Waals surface area contributed by atoms with Crippen LogP contribution < -0.4 is 14.9 Å². The van der Waals surface area contributed by atoms with E-state index in [0.717, 1.165) is 21.5 Å². The van der Waals surface area contributed by atoms with Crippen LogP contribution in [0.3, 0.4) is 0 Å². The van der Waals surface area contributed by atoms with Gasteiger partial charge in [0.1, 0.15) is 0 Å². The molecule has 0 heterocycles. The summed E-state index contributed by atoms with van der Waals surface area (Å²) < 4.78 is 11.1. The number of ether oxygens (including phenoxy) is 2. The number of fused-ring (bicyclic) bond motifs is 2. The second kappa shape index (κ2) is 10.1. The summed E-state index contributed by atoms with van der Waals surface area (Å²) in [5.41, 5.74) is 4.24. The number of carbonyl (C=O) groups is 2. The van der Waals surface area contributed by atoms with E-state index in [1.807, 2.05) is 72.8 Å². The van der Waals surface area contributed by atoms with Crippen LogP contribution in [0, 0.1) is 0 Å². The molecule has 6 heteroatoms. The van der Waals surface area contributed by atoms with Gasteiger partial charge in [0, 0.05) is 5.56 Å². The van der Waals surface area contributed by atoms with Crippen molar-refractivity contribution in [1.29, 1.82) is 0 Å². The number of hydrogen-bond acceptors (Lipinski definition) is 5. The van der Waals surface area contributed by atoms with Gasteiger partial charge in [-0.15, -0.1) is 0 Å². The number of carbonyl (C=O) groups excluding carboxylic acids is 2. The van der Waals surface area contributed by atoms with Crippen LogP contribution in [0.4, 0.5) is 0 Å². The van der Waals surface area contributed by atoms with Gasteiger partial charge in [-0.05, 0) is 57.4 Å². The summed E-state index contributed by atoms with van der Waals surface area (Å²) in [6, 6.07) is 31.4. The maximum Gasteiger partial charge on any atom is 0.344 e. The molecule has 0 aliphatic rings. The van der Waals surface area contributed by atoms with E-state index in [1.165, 1.54) is 13.3 Å². The van der Waals surface area contributed by atoms with E-state index in [-0.39, 0.29) is 11.7 Å². The van der Waals surface area contributed by atoms with Crippen molar-refractivity contribution in [2.75, 3.05) is 7.11 Å². The topological polar surface area (TPSA) is 77.0 Å². The van der Waals surface area contributed by atoms with Gasteiger partial charge in [-0.25, -0.2) is 10.2 Å². The highest BCUT2D eigenvalue weighted by Crippen LogP contribution is 2.29. The molecule has 176 valence electrons. The summed E-state index contributed by atoms with van der Waals surface area (Å²) >= 11 is 0. The van der Waals surface area contributed by atoms with Crippen molar-refractivity contribution in [3.63, 3.8) is 0 Å². The van der Waals surface area contributed by atoms with Gasteiger partial charge in [0.15, 0.2) is 11.5 Å². The van der Waals surface area contributed by atoms with Gasteiger partial charge in [-0.2, -0.15) is 5.10 Å². The number of benzene rings is 5. The number of hydrazone groups is 1. The average Bonchev–Trinajstić information content (AvgIpc) is 2.93. The third kappa shape index (κ3) is 4.65. The second-order valence-electron chi connectivity index (χ2n) is 8.05. The molecule has 0 aliphatic carbocycles. The van der Waals surface area contributed by atoms with E-state index in [9.17, 15) is 9.59 Å². The Morgan fingerprint density at radius 3 is 2.03 bits per heavy atom. The summed E-state index contributed by atoms with van der Waals surface area (Å²) in [6.45, 7) is 0. The molecule has 0 fully saturated rings.